The van der Waals surface area contributed by atoms with Crippen molar-refractivity contribution in [1.29, 1.82) is 0 Å². The maximum Gasteiger partial charge on any atom is 0.239 e. The van der Waals surface area contributed by atoms with Crippen molar-refractivity contribution in [1.82, 2.24) is 5.32 Å². The van der Waals surface area contributed by atoms with Crippen LogP contribution in [-0.4, -0.2) is 26.1 Å². The lowest BCUT2D eigenvalue weighted by molar-refractivity contribution is -0.119. The molecule has 19 heavy (non-hydrogen) atoms. The van der Waals surface area contributed by atoms with Gasteiger partial charge in [0, 0.05) is 17.1 Å². The Bertz CT molecular complexity index is 439. The average molecular weight is 394 g/mol. The maximum atomic E-state index is 11.6. The summed E-state index contributed by atoms with van der Waals surface area (Å²) in [7, 11) is 1.61. The number of benzene rings is 1. The largest absolute Gasteiger partial charge is 0.495 e. The second-order valence-electron chi connectivity index (χ2n) is 4.02. The van der Waals surface area contributed by atoms with E-state index in [0.29, 0.717) is 0 Å². The highest BCUT2D eigenvalue weighted by molar-refractivity contribution is 9.11. The first-order valence-electron chi connectivity index (χ1n) is 6.12. The van der Waals surface area contributed by atoms with E-state index in [1.165, 1.54) is 0 Å². The lowest BCUT2D eigenvalue weighted by atomic mass is 10.3. The van der Waals surface area contributed by atoms with Crippen molar-refractivity contribution in [3.63, 3.8) is 0 Å². The lowest BCUT2D eigenvalue weighted by Gasteiger charge is -2.12. The number of hydrogen-bond acceptors (Lipinski definition) is 3. The highest BCUT2D eigenvalue weighted by Gasteiger charge is 2.08. The summed E-state index contributed by atoms with van der Waals surface area (Å²) in [6.07, 6.45) is 2.07. The molecule has 0 aromatic heterocycles. The van der Waals surface area contributed by atoms with E-state index in [2.05, 4.69) is 49.4 Å². The third-order valence-electron chi connectivity index (χ3n) is 2.53. The predicted molar refractivity (Wildman–Crippen MR) is 84.8 cm³/mol. The molecule has 0 radical (unpaired) electrons. The van der Waals surface area contributed by atoms with E-state index in [-0.39, 0.29) is 12.5 Å². The van der Waals surface area contributed by atoms with Crippen LogP contribution >= 0.6 is 31.9 Å². The maximum absolute atomic E-state index is 11.6. The second kappa shape index (κ2) is 8.43. The Kier molecular flexibility index (Phi) is 7.23. The molecule has 0 fully saturated rings. The molecule has 0 aliphatic carbocycles. The molecule has 1 aromatic carbocycles. The Morgan fingerprint density at radius 3 is 2.68 bits per heavy atom. The van der Waals surface area contributed by atoms with Gasteiger partial charge in [-0.15, -0.1) is 0 Å². The summed E-state index contributed by atoms with van der Waals surface area (Å²) >= 11 is 6.85. The van der Waals surface area contributed by atoms with Gasteiger partial charge in [-0.2, -0.15) is 0 Å². The fourth-order valence-corrected chi connectivity index (χ4v) is 2.76. The predicted octanol–water partition coefficient (Wildman–Crippen LogP) is 3.55. The number of unbranched alkanes of at least 4 members (excludes halogenated alkanes) is 1. The van der Waals surface area contributed by atoms with Crippen molar-refractivity contribution in [2.75, 3.05) is 25.5 Å². The molecule has 6 heteroatoms. The van der Waals surface area contributed by atoms with Crippen molar-refractivity contribution in [2.45, 2.75) is 19.8 Å². The summed E-state index contributed by atoms with van der Waals surface area (Å²) in [6.45, 7) is 3.06. The van der Waals surface area contributed by atoms with Crippen LogP contribution in [0.1, 0.15) is 19.8 Å². The van der Waals surface area contributed by atoms with Gasteiger partial charge in [0.05, 0.1) is 23.8 Å². The Morgan fingerprint density at radius 1 is 1.32 bits per heavy atom. The number of amides is 1. The topological polar surface area (TPSA) is 50.4 Å². The molecule has 0 spiro atoms. The molecule has 2 N–H and O–H groups in total. The normalized spacial score (nSPS) is 10.1. The molecule has 1 amide bonds. The first-order chi connectivity index (χ1) is 9.08. The highest BCUT2D eigenvalue weighted by Crippen LogP contribution is 2.34. The summed E-state index contributed by atoms with van der Waals surface area (Å²) in [4.78, 5) is 11.6. The molecule has 0 aliphatic rings. The second-order valence-corrected chi connectivity index (χ2v) is 5.73. The van der Waals surface area contributed by atoms with Gasteiger partial charge in [0.2, 0.25) is 5.91 Å². The van der Waals surface area contributed by atoms with Crippen molar-refractivity contribution in [2.24, 2.45) is 0 Å². The van der Waals surface area contributed by atoms with Crippen LogP contribution in [0.3, 0.4) is 0 Å². The number of methoxy groups -OCH3 is 1. The van der Waals surface area contributed by atoms with Crippen LogP contribution in [0.25, 0.3) is 0 Å². The van der Waals surface area contributed by atoms with Crippen LogP contribution in [0.15, 0.2) is 21.1 Å². The van der Waals surface area contributed by atoms with E-state index in [1.807, 2.05) is 12.1 Å². The van der Waals surface area contributed by atoms with Crippen LogP contribution in [0.2, 0.25) is 0 Å². The zero-order valence-electron chi connectivity index (χ0n) is 11.1. The van der Waals surface area contributed by atoms with Crippen LogP contribution in [0.4, 0.5) is 5.69 Å². The van der Waals surface area contributed by atoms with E-state index in [9.17, 15) is 4.79 Å². The number of hydrogen-bond donors (Lipinski definition) is 2. The molecule has 1 rings (SSSR count). The zero-order valence-corrected chi connectivity index (χ0v) is 14.2. The van der Waals surface area contributed by atoms with Gasteiger partial charge in [-0.1, -0.05) is 13.3 Å². The van der Waals surface area contributed by atoms with Gasteiger partial charge in [-0.25, -0.2) is 0 Å². The van der Waals surface area contributed by atoms with Crippen LogP contribution < -0.4 is 15.4 Å². The van der Waals surface area contributed by atoms with E-state index < -0.39 is 0 Å². The first-order valence-corrected chi connectivity index (χ1v) is 7.70. The number of ether oxygens (including phenoxy) is 1. The van der Waals surface area contributed by atoms with Gasteiger partial charge in [-0.3, -0.25) is 4.79 Å². The summed E-state index contributed by atoms with van der Waals surface area (Å²) < 4.78 is 6.96. The summed E-state index contributed by atoms with van der Waals surface area (Å²) in [5.41, 5.74) is 0.825. The molecule has 4 nitrogen and oxygen atoms in total. The van der Waals surface area contributed by atoms with Crippen molar-refractivity contribution in [3.8, 4) is 5.75 Å². The highest BCUT2D eigenvalue weighted by atomic mass is 79.9. The first kappa shape index (κ1) is 16.3. The van der Waals surface area contributed by atoms with Gasteiger partial charge in [0.1, 0.15) is 5.75 Å². The van der Waals surface area contributed by atoms with E-state index in [0.717, 1.165) is 39.8 Å². The third kappa shape index (κ3) is 5.40. The van der Waals surface area contributed by atoms with Crippen molar-refractivity contribution >= 4 is 43.5 Å². The van der Waals surface area contributed by atoms with Crippen molar-refractivity contribution < 1.29 is 9.53 Å². The molecule has 106 valence electrons. The average Bonchev–Trinajstić information content (AvgIpc) is 2.38. The number of nitrogens with one attached hydrogen (secondary N) is 2. The number of rotatable bonds is 7. The van der Waals surface area contributed by atoms with Crippen LogP contribution in [0.5, 0.6) is 5.75 Å². The van der Waals surface area contributed by atoms with Gasteiger partial charge < -0.3 is 15.4 Å². The lowest BCUT2D eigenvalue weighted by Crippen LogP contribution is -2.30. The van der Waals surface area contributed by atoms with Gasteiger partial charge in [0.15, 0.2) is 0 Å². The SMILES string of the molecule is CCCCNC(=O)CNc1cc(OC)c(Br)cc1Br. The van der Waals surface area contributed by atoms with Crippen LogP contribution in [0, 0.1) is 0 Å². The van der Waals surface area contributed by atoms with Crippen molar-refractivity contribution in [3.05, 3.63) is 21.1 Å². The minimum Gasteiger partial charge on any atom is -0.495 e. The fourth-order valence-electron chi connectivity index (χ4n) is 1.46. The van der Waals surface area contributed by atoms with E-state index in [4.69, 9.17) is 4.74 Å². The Balaban J connectivity index is 2.55. The smallest absolute Gasteiger partial charge is 0.239 e. The number of halogens is 2. The molecule has 0 aliphatic heterocycles. The van der Waals surface area contributed by atoms with E-state index >= 15 is 0 Å². The van der Waals surface area contributed by atoms with Crippen LogP contribution in [-0.2, 0) is 4.79 Å². The molecular formula is C13H18Br2N2O2. The molecule has 1 aromatic rings. The summed E-state index contributed by atoms with van der Waals surface area (Å²) in [6, 6.07) is 3.73. The minimum absolute atomic E-state index is 0.0118. The molecule has 0 bridgehead atoms. The Labute approximate surface area is 130 Å². The minimum atomic E-state index is -0.0118. The molecular weight excluding hydrogens is 376 g/mol. The summed E-state index contributed by atoms with van der Waals surface area (Å²) in [5.74, 6) is 0.708. The number of carbonyl (C=O) groups is 1. The van der Waals surface area contributed by atoms with Gasteiger partial charge in [0.25, 0.3) is 0 Å². The molecule has 0 heterocycles. The van der Waals surface area contributed by atoms with Gasteiger partial charge >= 0.3 is 0 Å². The Morgan fingerprint density at radius 2 is 2.05 bits per heavy atom. The molecule has 0 saturated carbocycles. The molecule has 0 unspecified atom stereocenters. The fraction of sp³-hybridized carbons (Fsp3) is 0.462. The quantitative estimate of drug-likeness (QED) is 0.696. The molecule has 0 atom stereocenters. The van der Waals surface area contributed by atoms with Gasteiger partial charge in [-0.05, 0) is 44.3 Å². The number of carbonyl (C=O) groups excluding carboxylic acids is 1. The van der Waals surface area contributed by atoms with E-state index in [1.54, 1.807) is 7.11 Å². The molecule has 0 saturated heterocycles. The third-order valence-corrected chi connectivity index (χ3v) is 3.81. The standard InChI is InChI=1S/C13H18Br2N2O2/c1-3-4-5-16-13(18)8-17-11-7-12(19-2)10(15)6-9(11)14/h6-7,17H,3-5,8H2,1-2H3,(H,16,18). The zero-order chi connectivity index (χ0) is 14.3. The monoisotopic (exact) mass is 392 g/mol. The number of anilines is 1. The Hall–Kier alpha value is -0.750. The summed E-state index contributed by atoms with van der Waals surface area (Å²) in [5, 5.41) is 5.94.